The van der Waals surface area contributed by atoms with Crippen LogP contribution in [-0.4, -0.2) is 12.1 Å². The van der Waals surface area contributed by atoms with Crippen molar-refractivity contribution in [3.63, 3.8) is 0 Å². The van der Waals surface area contributed by atoms with Crippen LogP contribution in [0.3, 0.4) is 0 Å². The number of allylic oxidation sites excluding steroid dienone is 2. The molecular weight excluding hydrogens is 252 g/mol. The van der Waals surface area contributed by atoms with E-state index >= 15 is 0 Å². The lowest BCUT2D eigenvalue weighted by Crippen LogP contribution is -2.20. The third-order valence-electron chi connectivity index (χ3n) is 3.08. The molecule has 0 saturated heterocycles. The number of nitrogens with one attached hydrogen (secondary N) is 1. The van der Waals surface area contributed by atoms with Crippen LogP contribution < -0.4 is 0 Å². The summed E-state index contributed by atoms with van der Waals surface area (Å²) in [5, 5.41) is 29.2. The van der Waals surface area contributed by atoms with Crippen molar-refractivity contribution in [3.8, 4) is 12.1 Å². The van der Waals surface area contributed by atoms with Gasteiger partial charge < -0.3 is 10.1 Å². The second-order valence-electron chi connectivity index (χ2n) is 4.22. The van der Waals surface area contributed by atoms with Crippen molar-refractivity contribution < 1.29 is 4.79 Å². The predicted molar refractivity (Wildman–Crippen MR) is 72.4 cm³/mol. The molecule has 0 bridgehead atoms. The summed E-state index contributed by atoms with van der Waals surface area (Å²) < 4.78 is 0. The van der Waals surface area contributed by atoms with Crippen LogP contribution in [0.15, 0.2) is 41.6 Å². The molecule has 0 spiro atoms. The molecule has 1 amide bonds. The van der Waals surface area contributed by atoms with Gasteiger partial charge in [-0.15, -0.1) is 0 Å². The van der Waals surface area contributed by atoms with E-state index in [-0.39, 0.29) is 29.9 Å². The lowest BCUT2D eigenvalue weighted by Gasteiger charge is -2.29. The first-order chi connectivity index (χ1) is 9.71. The van der Waals surface area contributed by atoms with Crippen molar-refractivity contribution in [3.05, 3.63) is 58.4 Å². The van der Waals surface area contributed by atoms with Gasteiger partial charge in [0.1, 0.15) is 6.21 Å². The molecule has 1 aliphatic heterocycles. The average Bonchev–Trinajstić information content (AvgIpc) is 2.49. The highest BCUT2D eigenvalue weighted by Gasteiger charge is 2.33. The maximum atomic E-state index is 11.7. The van der Waals surface area contributed by atoms with Crippen molar-refractivity contribution in [2.75, 3.05) is 0 Å². The number of nitrogens with zero attached hydrogens (tertiary/aromatic N) is 3. The summed E-state index contributed by atoms with van der Waals surface area (Å²) in [7, 11) is 0. The van der Waals surface area contributed by atoms with Gasteiger partial charge in [0.2, 0.25) is 12.1 Å². The Morgan fingerprint density at radius 2 is 1.95 bits per heavy atom. The minimum Gasteiger partial charge on any atom is -0.589 e. The largest absolute Gasteiger partial charge is 0.589 e. The molecule has 0 saturated carbocycles. The molecule has 1 N–H and O–H groups in total. The number of hydrogen-bond donors (Lipinski definition) is 1. The molecule has 0 aromatic heterocycles. The molecule has 1 unspecified atom stereocenters. The van der Waals surface area contributed by atoms with Gasteiger partial charge in [0, 0.05) is 6.42 Å². The zero-order valence-electron chi connectivity index (χ0n) is 10.5. The molecular formula is C15H10N4O. The predicted octanol–water partition coefficient (Wildman–Crippen LogP) is 2.60. The Balaban J connectivity index is 2.55. The smallest absolute Gasteiger partial charge is 0.251 e. The normalized spacial score (nSPS) is 17.7. The Morgan fingerprint density at radius 3 is 2.50 bits per heavy atom. The zero-order chi connectivity index (χ0) is 14.5. The molecule has 2 rings (SSSR count). The van der Waals surface area contributed by atoms with Gasteiger partial charge >= 0.3 is 0 Å². The van der Waals surface area contributed by atoms with Gasteiger partial charge in [-0.05, 0) is 5.56 Å². The van der Waals surface area contributed by atoms with Crippen LogP contribution in [-0.2, 0) is 4.79 Å². The van der Waals surface area contributed by atoms with E-state index in [1.807, 2.05) is 30.3 Å². The summed E-state index contributed by atoms with van der Waals surface area (Å²) in [6.45, 7) is 0. The molecule has 0 fully saturated rings. The molecule has 0 aliphatic carbocycles. The number of hydrogen-bond acceptors (Lipinski definition) is 4. The number of nitriles is 2. The second-order valence-corrected chi connectivity index (χ2v) is 4.22. The summed E-state index contributed by atoms with van der Waals surface area (Å²) in [4.78, 5) is 11.7. The van der Waals surface area contributed by atoms with E-state index < -0.39 is 0 Å². The molecule has 1 aromatic carbocycles. The van der Waals surface area contributed by atoms with E-state index in [0.29, 0.717) is 5.57 Å². The van der Waals surface area contributed by atoms with E-state index in [0.717, 1.165) is 11.8 Å². The number of carbonyl (C=O) groups excluding carboxylic acids is 1. The molecule has 1 atom stereocenters. The number of carbonyl (C=O) groups is 1. The maximum absolute atomic E-state index is 11.7. The first-order valence-electron chi connectivity index (χ1n) is 5.93. The number of rotatable bonds is 3. The molecule has 1 heterocycles. The van der Waals surface area contributed by atoms with Crippen LogP contribution in [0.4, 0.5) is 0 Å². The van der Waals surface area contributed by atoms with Crippen LogP contribution >= 0.6 is 0 Å². The van der Waals surface area contributed by atoms with Gasteiger partial charge in [0.15, 0.2) is 0 Å². The third kappa shape index (κ3) is 2.38. The lowest BCUT2D eigenvalue weighted by atomic mass is 9.82. The molecule has 5 nitrogen and oxygen atoms in total. The van der Waals surface area contributed by atoms with Gasteiger partial charge in [-0.25, -0.2) is 0 Å². The van der Waals surface area contributed by atoms with E-state index in [2.05, 4.69) is 5.32 Å². The lowest BCUT2D eigenvalue weighted by molar-refractivity contribution is -0.115. The SMILES string of the molecule is N#C[C+](C#N)C1=C(C=N)C(c2ccccc2)CC(=O)[N-]1. The average molecular weight is 262 g/mol. The number of benzene rings is 1. The minimum atomic E-state index is -0.387. The first-order valence-corrected chi connectivity index (χ1v) is 5.93. The highest BCUT2D eigenvalue weighted by molar-refractivity contribution is 6.01. The molecule has 1 aliphatic rings. The van der Waals surface area contributed by atoms with Gasteiger partial charge in [0.05, 0.1) is 23.1 Å². The van der Waals surface area contributed by atoms with E-state index in [1.54, 1.807) is 12.1 Å². The van der Waals surface area contributed by atoms with E-state index in [1.165, 1.54) is 0 Å². The summed E-state index contributed by atoms with van der Waals surface area (Å²) in [5.74, 6) is -0.967. The minimum absolute atomic E-state index is 0.0232. The van der Waals surface area contributed by atoms with Crippen molar-refractivity contribution in [1.82, 2.24) is 0 Å². The van der Waals surface area contributed by atoms with Crippen molar-refractivity contribution in [2.24, 2.45) is 0 Å². The van der Waals surface area contributed by atoms with Crippen molar-refractivity contribution in [2.45, 2.75) is 12.3 Å². The van der Waals surface area contributed by atoms with Gasteiger partial charge in [0.25, 0.3) is 5.92 Å². The highest BCUT2D eigenvalue weighted by atomic mass is 16.1. The topological polar surface area (TPSA) is 103 Å². The Labute approximate surface area is 116 Å². The summed E-state index contributed by atoms with van der Waals surface area (Å²) >= 11 is 0. The fraction of sp³-hybridized carbons (Fsp3) is 0.133. The summed E-state index contributed by atoms with van der Waals surface area (Å²) in [5.41, 5.74) is 1.31. The highest BCUT2D eigenvalue weighted by Crippen LogP contribution is 2.39. The molecule has 96 valence electrons. The molecule has 20 heavy (non-hydrogen) atoms. The van der Waals surface area contributed by atoms with Crippen LogP contribution in [0.5, 0.6) is 0 Å². The fourth-order valence-electron chi connectivity index (χ4n) is 2.17. The fourth-order valence-corrected chi connectivity index (χ4v) is 2.17. The number of amides is 1. The third-order valence-corrected chi connectivity index (χ3v) is 3.08. The van der Waals surface area contributed by atoms with E-state index in [9.17, 15) is 4.79 Å². The quantitative estimate of drug-likeness (QED) is 0.668. The molecule has 1 aromatic rings. The van der Waals surface area contributed by atoms with Gasteiger partial charge in [-0.1, -0.05) is 30.3 Å². The second kappa shape index (κ2) is 5.73. The van der Waals surface area contributed by atoms with Crippen molar-refractivity contribution >= 4 is 12.1 Å². The Morgan fingerprint density at radius 1 is 1.30 bits per heavy atom. The van der Waals surface area contributed by atoms with E-state index in [4.69, 9.17) is 15.9 Å². The summed E-state index contributed by atoms with van der Waals surface area (Å²) in [6.07, 6.45) is 1.21. The maximum Gasteiger partial charge on any atom is 0.251 e. The van der Waals surface area contributed by atoms with Crippen LogP contribution in [0.2, 0.25) is 0 Å². The standard InChI is InChI=1S/C15H10N4O/c16-7-11(8-17)15-13(9-18)12(6-14(20)19-15)10-4-2-1-3-5-10/h1-5,9,12H,6H2,(H-,18,19,20). The van der Waals surface area contributed by atoms with Gasteiger partial charge in [-0.3, -0.25) is 5.41 Å². The van der Waals surface area contributed by atoms with Gasteiger partial charge in [-0.2, -0.15) is 10.5 Å². The Bertz CT molecular complexity index is 635. The summed E-state index contributed by atoms with van der Waals surface area (Å²) in [6, 6.07) is 12.7. The molecule has 5 heteroatoms. The zero-order valence-corrected chi connectivity index (χ0v) is 10.5. The Kier molecular flexibility index (Phi) is 3.83. The monoisotopic (exact) mass is 262 g/mol. The van der Waals surface area contributed by atoms with Crippen LogP contribution in [0.25, 0.3) is 5.32 Å². The first kappa shape index (κ1) is 13.4. The van der Waals surface area contributed by atoms with Crippen molar-refractivity contribution in [1.29, 1.82) is 15.9 Å². The van der Waals surface area contributed by atoms with Crippen LogP contribution in [0.1, 0.15) is 17.9 Å². The van der Waals surface area contributed by atoms with Crippen LogP contribution in [0, 0.1) is 34.0 Å². The Hall–Kier alpha value is -3.05. The molecule has 0 radical (unpaired) electrons.